The summed E-state index contributed by atoms with van der Waals surface area (Å²) in [6.07, 6.45) is -4.78. The summed E-state index contributed by atoms with van der Waals surface area (Å²) in [6, 6.07) is 12.0. The Kier molecular flexibility index (Phi) is 3.53. The van der Waals surface area contributed by atoms with Gasteiger partial charge in [0.2, 0.25) is 0 Å². The van der Waals surface area contributed by atoms with E-state index in [2.05, 4.69) is 4.74 Å². The van der Waals surface area contributed by atoms with Gasteiger partial charge in [0.15, 0.2) is 0 Å². The molecule has 0 bridgehead atoms. The van der Waals surface area contributed by atoms with Crippen molar-refractivity contribution in [3.63, 3.8) is 0 Å². The molecule has 2 aromatic carbocycles. The lowest BCUT2D eigenvalue weighted by atomic mass is 10.0. The van der Waals surface area contributed by atoms with E-state index in [4.69, 9.17) is 11.0 Å². The van der Waals surface area contributed by atoms with Crippen LogP contribution < -0.4 is 10.5 Å². The largest absolute Gasteiger partial charge is 0.573 e. The van der Waals surface area contributed by atoms with Crippen LogP contribution in [0.5, 0.6) is 5.75 Å². The molecule has 2 N–H and O–H groups in total. The zero-order valence-corrected chi connectivity index (χ0v) is 10.1. The van der Waals surface area contributed by atoms with Crippen LogP contribution in [0.25, 0.3) is 11.1 Å². The average molecular weight is 278 g/mol. The Morgan fingerprint density at radius 2 is 1.80 bits per heavy atom. The number of hydrogen-bond acceptors (Lipinski definition) is 3. The van der Waals surface area contributed by atoms with Crippen molar-refractivity contribution in [3.05, 3.63) is 48.0 Å². The maximum atomic E-state index is 12.4. The fraction of sp³-hybridized carbons (Fsp3) is 0.0714. The minimum Gasteiger partial charge on any atom is -0.405 e. The smallest absolute Gasteiger partial charge is 0.405 e. The summed E-state index contributed by atoms with van der Waals surface area (Å²) in [5.74, 6) is -0.325. The molecule has 2 rings (SSSR count). The minimum atomic E-state index is -4.78. The molecule has 20 heavy (non-hydrogen) atoms. The molecule has 0 saturated heterocycles. The molecule has 0 unspecified atom stereocenters. The molecule has 0 spiro atoms. The molecule has 102 valence electrons. The number of benzene rings is 2. The van der Waals surface area contributed by atoms with Crippen LogP contribution in [0.15, 0.2) is 42.5 Å². The Bertz CT molecular complexity index is 675. The molecule has 0 aliphatic carbocycles. The third-order valence-corrected chi connectivity index (χ3v) is 2.60. The van der Waals surface area contributed by atoms with Gasteiger partial charge in [0.1, 0.15) is 11.8 Å². The molecule has 2 aromatic rings. The van der Waals surface area contributed by atoms with Crippen LogP contribution in [-0.4, -0.2) is 6.36 Å². The summed E-state index contributed by atoms with van der Waals surface area (Å²) >= 11 is 0. The molecule has 0 heterocycles. The first-order valence-electron chi connectivity index (χ1n) is 5.55. The number of nitrogens with zero attached hydrogens (tertiary/aromatic N) is 1. The highest BCUT2D eigenvalue weighted by molar-refractivity contribution is 5.74. The lowest BCUT2D eigenvalue weighted by Gasteiger charge is -2.13. The van der Waals surface area contributed by atoms with Crippen LogP contribution in [0, 0.1) is 11.3 Å². The third-order valence-electron chi connectivity index (χ3n) is 2.60. The van der Waals surface area contributed by atoms with Gasteiger partial charge >= 0.3 is 6.36 Å². The van der Waals surface area contributed by atoms with E-state index in [0.29, 0.717) is 5.56 Å². The van der Waals surface area contributed by atoms with Crippen molar-refractivity contribution < 1.29 is 17.9 Å². The standard InChI is InChI=1S/C14H9F3N2O/c15-14(16,17)20-13-4-2-1-3-11(13)9-5-6-12(19)10(7-9)8-18/h1-7H,19H2. The van der Waals surface area contributed by atoms with Crippen LogP contribution in [0.3, 0.4) is 0 Å². The quantitative estimate of drug-likeness (QED) is 0.852. The predicted octanol–water partition coefficient (Wildman–Crippen LogP) is 3.71. The second-order valence-electron chi connectivity index (χ2n) is 3.96. The number of para-hydroxylation sites is 1. The molecule has 3 nitrogen and oxygen atoms in total. The van der Waals surface area contributed by atoms with Crippen molar-refractivity contribution in [1.29, 1.82) is 5.26 Å². The van der Waals surface area contributed by atoms with Crippen molar-refractivity contribution in [3.8, 4) is 22.9 Å². The van der Waals surface area contributed by atoms with Crippen molar-refractivity contribution in [2.24, 2.45) is 0 Å². The normalized spacial score (nSPS) is 10.9. The zero-order chi connectivity index (χ0) is 14.8. The van der Waals surface area contributed by atoms with Gasteiger partial charge in [-0.05, 0) is 23.8 Å². The predicted molar refractivity (Wildman–Crippen MR) is 67.7 cm³/mol. The van der Waals surface area contributed by atoms with E-state index in [0.717, 1.165) is 0 Å². The SMILES string of the molecule is N#Cc1cc(-c2ccccc2OC(F)(F)F)ccc1N. The van der Waals surface area contributed by atoms with Gasteiger partial charge in [0, 0.05) is 11.3 Å². The van der Waals surface area contributed by atoms with E-state index < -0.39 is 6.36 Å². The van der Waals surface area contributed by atoms with Crippen molar-refractivity contribution >= 4 is 5.69 Å². The van der Waals surface area contributed by atoms with Gasteiger partial charge < -0.3 is 10.5 Å². The van der Waals surface area contributed by atoms with E-state index in [1.54, 1.807) is 6.07 Å². The molecule has 0 amide bonds. The lowest BCUT2D eigenvalue weighted by Crippen LogP contribution is -2.17. The average Bonchev–Trinajstić information content (AvgIpc) is 2.38. The van der Waals surface area contributed by atoms with Crippen LogP contribution in [0.2, 0.25) is 0 Å². The van der Waals surface area contributed by atoms with E-state index in [9.17, 15) is 13.2 Å². The molecular formula is C14H9F3N2O. The Morgan fingerprint density at radius 1 is 1.10 bits per heavy atom. The van der Waals surface area contributed by atoms with Gasteiger partial charge in [-0.2, -0.15) is 5.26 Å². The van der Waals surface area contributed by atoms with E-state index >= 15 is 0 Å². The summed E-state index contributed by atoms with van der Waals surface area (Å²) < 4.78 is 41.0. The minimum absolute atomic E-state index is 0.198. The van der Waals surface area contributed by atoms with Gasteiger partial charge in [-0.25, -0.2) is 0 Å². The molecule has 0 saturated carbocycles. The van der Waals surface area contributed by atoms with E-state index in [1.807, 2.05) is 6.07 Å². The second kappa shape index (κ2) is 5.13. The number of halogens is 3. The second-order valence-corrected chi connectivity index (χ2v) is 3.96. The summed E-state index contributed by atoms with van der Waals surface area (Å²) in [5.41, 5.74) is 6.72. The fourth-order valence-electron chi connectivity index (χ4n) is 1.74. The molecule has 0 aliphatic rings. The van der Waals surface area contributed by atoms with E-state index in [-0.39, 0.29) is 22.6 Å². The number of hydrogen-bond donors (Lipinski definition) is 1. The third kappa shape index (κ3) is 3.01. The van der Waals surface area contributed by atoms with Crippen molar-refractivity contribution in [1.82, 2.24) is 0 Å². The van der Waals surface area contributed by atoms with Crippen molar-refractivity contribution in [2.75, 3.05) is 5.73 Å². The summed E-state index contributed by atoms with van der Waals surface area (Å²) in [7, 11) is 0. The number of rotatable bonds is 2. The molecule has 0 fully saturated rings. The Labute approximate surface area is 113 Å². The summed E-state index contributed by atoms with van der Waals surface area (Å²) in [5, 5.41) is 8.90. The number of anilines is 1. The first-order chi connectivity index (χ1) is 9.40. The van der Waals surface area contributed by atoms with E-state index in [1.165, 1.54) is 36.4 Å². The van der Waals surface area contributed by atoms with Crippen LogP contribution in [-0.2, 0) is 0 Å². The Hall–Kier alpha value is -2.68. The van der Waals surface area contributed by atoms with Crippen molar-refractivity contribution in [2.45, 2.75) is 6.36 Å². The maximum absolute atomic E-state index is 12.4. The molecule has 0 radical (unpaired) electrons. The molecular weight excluding hydrogens is 269 g/mol. The van der Waals surface area contributed by atoms with Gasteiger partial charge in [-0.1, -0.05) is 24.3 Å². The fourth-order valence-corrected chi connectivity index (χ4v) is 1.74. The molecule has 6 heteroatoms. The lowest BCUT2D eigenvalue weighted by molar-refractivity contribution is -0.274. The number of ether oxygens (including phenoxy) is 1. The monoisotopic (exact) mass is 278 g/mol. The molecule has 0 aromatic heterocycles. The Morgan fingerprint density at radius 3 is 2.45 bits per heavy atom. The number of nitrogens with two attached hydrogens (primary N) is 1. The highest BCUT2D eigenvalue weighted by Gasteiger charge is 2.32. The molecule has 0 atom stereocenters. The first kappa shape index (κ1) is 13.7. The van der Waals surface area contributed by atoms with Gasteiger partial charge in [0.25, 0.3) is 0 Å². The Balaban J connectivity index is 2.51. The molecule has 0 aliphatic heterocycles. The zero-order valence-electron chi connectivity index (χ0n) is 10.1. The highest BCUT2D eigenvalue weighted by Crippen LogP contribution is 2.34. The highest BCUT2D eigenvalue weighted by atomic mass is 19.4. The number of nitriles is 1. The van der Waals surface area contributed by atoms with Gasteiger partial charge in [-0.3, -0.25) is 0 Å². The maximum Gasteiger partial charge on any atom is 0.573 e. The van der Waals surface area contributed by atoms with Crippen LogP contribution >= 0.6 is 0 Å². The van der Waals surface area contributed by atoms with Gasteiger partial charge in [-0.15, -0.1) is 13.2 Å². The number of nitrogen functional groups attached to an aromatic ring is 1. The van der Waals surface area contributed by atoms with Gasteiger partial charge in [0.05, 0.1) is 5.56 Å². The summed E-state index contributed by atoms with van der Waals surface area (Å²) in [6.45, 7) is 0. The van der Waals surface area contributed by atoms with Crippen LogP contribution in [0.1, 0.15) is 5.56 Å². The first-order valence-corrected chi connectivity index (χ1v) is 5.55. The summed E-state index contributed by atoms with van der Waals surface area (Å²) in [4.78, 5) is 0. The number of alkyl halides is 3. The van der Waals surface area contributed by atoms with Crippen LogP contribution in [0.4, 0.5) is 18.9 Å². The topological polar surface area (TPSA) is 59.0 Å².